The van der Waals surface area contributed by atoms with Gasteiger partial charge >= 0.3 is 6.18 Å². The Hall–Kier alpha value is -3.42. The van der Waals surface area contributed by atoms with Crippen LogP contribution in [0.2, 0.25) is 0 Å². The van der Waals surface area contributed by atoms with Gasteiger partial charge in [-0.1, -0.05) is 18.2 Å². The number of hydrogen-bond donors (Lipinski definition) is 2. The van der Waals surface area contributed by atoms with E-state index in [4.69, 9.17) is 0 Å². The highest BCUT2D eigenvalue weighted by Crippen LogP contribution is 2.30. The van der Waals surface area contributed by atoms with E-state index in [1.807, 2.05) is 0 Å². The fourth-order valence-corrected chi connectivity index (χ4v) is 2.46. The largest absolute Gasteiger partial charge is 0.416 e. The van der Waals surface area contributed by atoms with E-state index >= 15 is 0 Å². The van der Waals surface area contributed by atoms with E-state index in [0.29, 0.717) is 16.9 Å². The fourth-order valence-electron chi connectivity index (χ4n) is 2.46. The minimum absolute atomic E-state index is 0.0159. The van der Waals surface area contributed by atoms with Crippen molar-refractivity contribution in [2.24, 2.45) is 0 Å². The van der Waals surface area contributed by atoms with Gasteiger partial charge in [0.25, 0.3) is 5.91 Å². The zero-order valence-electron chi connectivity index (χ0n) is 14.4. The van der Waals surface area contributed by atoms with Crippen molar-refractivity contribution in [2.45, 2.75) is 12.7 Å². The third kappa shape index (κ3) is 4.85. The molecule has 0 unspecified atom stereocenters. The summed E-state index contributed by atoms with van der Waals surface area (Å²) in [7, 11) is 0. The first kappa shape index (κ1) is 19.3. The first-order valence-electron chi connectivity index (χ1n) is 8.24. The van der Waals surface area contributed by atoms with Crippen molar-refractivity contribution in [1.82, 2.24) is 10.3 Å². The molecule has 144 valence electrons. The molecule has 0 saturated heterocycles. The van der Waals surface area contributed by atoms with E-state index in [1.54, 1.807) is 18.2 Å². The van der Waals surface area contributed by atoms with Crippen molar-refractivity contribution < 1.29 is 22.4 Å². The summed E-state index contributed by atoms with van der Waals surface area (Å²) in [4.78, 5) is 16.2. The zero-order chi connectivity index (χ0) is 20.1. The van der Waals surface area contributed by atoms with Crippen LogP contribution < -0.4 is 10.6 Å². The molecule has 0 aliphatic carbocycles. The molecule has 1 heterocycles. The van der Waals surface area contributed by atoms with Crippen molar-refractivity contribution in [3.63, 3.8) is 0 Å². The molecule has 0 aliphatic rings. The van der Waals surface area contributed by atoms with Crippen LogP contribution >= 0.6 is 0 Å². The summed E-state index contributed by atoms with van der Waals surface area (Å²) >= 11 is 0. The number of alkyl halides is 3. The van der Waals surface area contributed by atoms with Gasteiger partial charge in [0.15, 0.2) is 0 Å². The topological polar surface area (TPSA) is 54.0 Å². The van der Waals surface area contributed by atoms with Gasteiger partial charge in [-0.3, -0.25) is 9.78 Å². The van der Waals surface area contributed by atoms with Gasteiger partial charge in [0.1, 0.15) is 5.82 Å². The highest BCUT2D eigenvalue weighted by Gasteiger charge is 2.29. The SMILES string of the molecule is O=C(NCc1ccccc1F)c1cncc(Nc2ccc(C(F)(F)F)cc2)c1. The second-order valence-electron chi connectivity index (χ2n) is 5.94. The van der Waals surface area contributed by atoms with Gasteiger partial charge in [-0.2, -0.15) is 13.2 Å². The number of nitrogens with zero attached hydrogens (tertiary/aromatic N) is 1. The van der Waals surface area contributed by atoms with E-state index in [0.717, 1.165) is 12.1 Å². The number of rotatable bonds is 5. The second-order valence-corrected chi connectivity index (χ2v) is 5.94. The molecule has 0 spiro atoms. The zero-order valence-corrected chi connectivity index (χ0v) is 14.4. The third-order valence-electron chi connectivity index (χ3n) is 3.90. The molecule has 1 aromatic heterocycles. The second kappa shape index (κ2) is 8.08. The molecule has 0 bridgehead atoms. The molecule has 3 rings (SSSR count). The molecule has 8 heteroatoms. The first-order chi connectivity index (χ1) is 13.3. The van der Waals surface area contributed by atoms with Gasteiger partial charge in [0.05, 0.1) is 23.0 Å². The monoisotopic (exact) mass is 389 g/mol. The van der Waals surface area contributed by atoms with Crippen LogP contribution in [0.4, 0.5) is 28.9 Å². The predicted octanol–water partition coefficient (Wildman–Crippen LogP) is 4.91. The summed E-state index contributed by atoms with van der Waals surface area (Å²) in [6, 6.07) is 12.1. The van der Waals surface area contributed by atoms with Crippen LogP contribution in [0.5, 0.6) is 0 Å². The highest BCUT2D eigenvalue weighted by molar-refractivity contribution is 5.94. The summed E-state index contributed by atoms with van der Waals surface area (Å²) in [6.07, 6.45) is -1.63. The Bertz CT molecular complexity index is 972. The maximum absolute atomic E-state index is 13.6. The lowest BCUT2D eigenvalue weighted by atomic mass is 10.2. The standard InChI is InChI=1S/C20H15F4N3O/c21-18-4-2-1-3-13(18)11-26-19(28)14-9-17(12-25-10-14)27-16-7-5-15(6-8-16)20(22,23)24/h1-10,12,27H,11H2,(H,26,28). The van der Waals surface area contributed by atoms with Crippen molar-refractivity contribution in [3.05, 3.63) is 89.5 Å². The predicted molar refractivity (Wildman–Crippen MR) is 96.5 cm³/mol. The first-order valence-corrected chi connectivity index (χ1v) is 8.24. The molecular formula is C20H15F4N3O. The normalized spacial score (nSPS) is 11.1. The Labute approximate surface area is 158 Å². The number of nitrogens with one attached hydrogen (secondary N) is 2. The van der Waals surface area contributed by atoms with Crippen molar-refractivity contribution in [2.75, 3.05) is 5.32 Å². The van der Waals surface area contributed by atoms with Crippen LogP contribution in [0.1, 0.15) is 21.5 Å². The highest BCUT2D eigenvalue weighted by atomic mass is 19.4. The number of hydrogen-bond acceptors (Lipinski definition) is 3. The fraction of sp³-hybridized carbons (Fsp3) is 0.100. The van der Waals surface area contributed by atoms with Crippen LogP contribution in [-0.2, 0) is 12.7 Å². The minimum atomic E-state index is -4.41. The number of amides is 1. The van der Waals surface area contributed by atoms with Crippen LogP contribution in [-0.4, -0.2) is 10.9 Å². The minimum Gasteiger partial charge on any atom is -0.354 e. The number of halogens is 4. The molecule has 0 radical (unpaired) electrons. The molecule has 3 aromatic rings. The summed E-state index contributed by atoms with van der Waals surface area (Å²) in [5, 5.41) is 5.49. The number of carbonyl (C=O) groups excluding carboxylic acids is 1. The number of aromatic nitrogens is 1. The quantitative estimate of drug-likeness (QED) is 0.610. The number of anilines is 2. The smallest absolute Gasteiger partial charge is 0.354 e. The Morgan fingerprint density at radius 1 is 0.964 bits per heavy atom. The summed E-state index contributed by atoms with van der Waals surface area (Å²) in [5.41, 5.74) is 0.672. The molecule has 4 nitrogen and oxygen atoms in total. The average molecular weight is 389 g/mol. The van der Waals surface area contributed by atoms with E-state index in [2.05, 4.69) is 15.6 Å². The molecule has 2 aromatic carbocycles. The Morgan fingerprint density at radius 3 is 2.36 bits per heavy atom. The molecule has 28 heavy (non-hydrogen) atoms. The van der Waals surface area contributed by atoms with Crippen LogP contribution in [0.3, 0.4) is 0 Å². The number of pyridine rings is 1. The molecule has 0 fully saturated rings. The lowest BCUT2D eigenvalue weighted by Gasteiger charge is -2.10. The Balaban J connectivity index is 1.66. The molecule has 0 aliphatic heterocycles. The van der Waals surface area contributed by atoms with E-state index in [9.17, 15) is 22.4 Å². The Kier molecular flexibility index (Phi) is 5.58. The summed E-state index contributed by atoms with van der Waals surface area (Å²) in [6.45, 7) is 0.0159. The van der Waals surface area contributed by atoms with E-state index < -0.39 is 23.5 Å². The molecule has 1 amide bonds. The molecular weight excluding hydrogens is 374 g/mol. The lowest BCUT2D eigenvalue weighted by Crippen LogP contribution is -2.23. The van der Waals surface area contributed by atoms with Gasteiger partial charge < -0.3 is 10.6 Å². The number of benzene rings is 2. The number of carbonyl (C=O) groups is 1. The van der Waals surface area contributed by atoms with Crippen molar-refractivity contribution in [3.8, 4) is 0 Å². The van der Waals surface area contributed by atoms with E-state index in [1.165, 1.54) is 36.7 Å². The Morgan fingerprint density at radius 2 is 1.68 bits per heavy atom. The molecule has 0 atom stereocenters. The van der Waals surface area contributed by atoms with Gasteiger partial charge in [-0.05, 0) is 36.4 Å². The van der Waals surface area contributed by atoms with Gasteiger partial charge in [-0.25, -0.2) is 4.39 Å². The van der Waals surface area contributed by atoms with Crippen molar-refractivity contribution in [1.29, 1.82) is 0 Å². The van der Waals surface area contributed by atoms with Gasteiger partial charge in [-0.15, -0.1) is 0 Å². The van der Waals surface area contributed by atoms with Crippen LogP contribution in [0.25, 0.3) is 0 Å². The van der Waals surface area contributed by atoms with Crippen LogP contribution in [0, 0.1) is 5.82 Å². The van der Waals surface area contributed by atoms with Crippen LogP contribution in [0.15, 0.2) is 67.0 Å². The summed E-state index contributed by atoms with van der Waals surface area (Å²) < 4.78 is 51.4. The molecule has 0 saturated carbocycles. The average Bonchev–Trinajstić information content (AvgIpc) is 2.67. The van der Waals surface area contributed by atoms with E-state index in [-0.39, 0.29) is 12.1 Å². The van der Waals surface area contributed by atoms with Crippen molar-refractivity contribution >= 4 is 17.3 Å². The molecule has 2 N–H and O–H groups in total. The maximum Gasteiger partial charge on any atom is 0.416 e. The lowest BCUT2D eigenvalue weighted by molar-refractivity contribution is -0.137. The third-order valence-corrected chi connectivity index (χ3v) is 3.90. The maximum atomic E-state index is 13.6. The summed E-state index contributed by atoms with van der Waals surface area (Å²) in [5.74, 6) is -0.870. The van der Waals surface area contributed by atoms with Gasteiger partial charge in [0, 0.05) is 24.0 Å². The van der Waals surface area contributed by atoms with Gasteiger partial charge in [0.2, 0.25) is 0 Å².